The Morgan fingerprint density at radius 1 is 0.643 bits per heavy atom. The Labute approximate surface area is 175 Å². The van der Waals surface area contributed by atoms with Gasteiger partial charge in [0.25, 0.3) is 0 Å². The predicted molar refractivity (Wildman–Crippen MR) is 115 cm³/mol. The van der Waals surface area contributed by atoms with E-state index in [9.17, 15) is 0 Å². The topological polar surface area (TPSA) is 44.2 Å². The quantitative estimate of drug-likeness (QED) is 0.638. The predicted octanol–water partition coefficient (Wildman–Crippen LogP) is 4.35. The Balaban J connectivity index is 1.55. The number of ether oxygens (including phenoxy) is 2. The summed E-state index contributed by atoms with van der Waals surface area (Å²) in [6.45, 7) is 2.81. The number of pyridine rings is 2. The van der Waals surface area contributed by atoms with Crippen molar-refractivity contribution in [1.29, 1.82) is 0 Å². The van der Waals surface area contributed by atoms with Crippen molar-refractivity contribution in [3.8, 4) is 11.4 Å². The zero-order valence-electron chi connectivity index (χ0n) is 16.2. The summed E-state index contributed by atoms with van der Waals surface area (Å²) in [4.78, 5) is 10.2. The smallest absolute Gasteiger partial charge is 0.100 e. The van der Waals surface area contributed by atoms with Crippen molar-refractivity contribution in [2.24, 2.45) is 0 Å². The standard InChI is InChI=1S/C22H26N2O2S2/c1-3-15-13-19-20-14-16-4-2-6-18(16)22(24-20)28-12-10-26-8-7-25-9-11-27-21(23-19)17(15)5-1/h13-14H,1-12H2. The van der Waals surface area contributed by atoms with E-state index in [1.165, 1.54) is 58.0 Å². The number of aromatic nitrogens is 2. The molecule has 2 aromatic heterocycles. The molecule has 0 saturated heterocycles. The minimum absolute atomic E-state index is 0.667. The van der Waals surface area contributed by atoms with Gasteiger partial charge in [-0.3, -0.25) is 0 Å². The van der Waals surface area contributed by atoms with Crippen LogP contribution in [-0.2, 0) is 35.2 Å². The Bertz CT molecular complexity index is 801. The molecule has 0 N–H and O–H groups in total. The molecular weight excluding hydrogens is 388 g/mol. The van der Waals surface area contributed by atoms with Crippen LogP contribution in [0.5, 0.6) is 0 Å². The van der Waals surface area contributed by atoms with Crippen LogP contribution in [0, 0.1) is 0 Å². The zero-order chi connectivity index (χ0) is 18.8. The van der Waals surface area contributed by atoms with Gasteiger partial charge in [0.1, 0.15) is 10.1 Å². The fourth-order valence-electron chi connectivity index (χ4n) is 4.31. The average Bonchev–Trinajstić information content (AvgIpc) is 3.37. The fraction of sp³-hybridized carbons (Fsp3) is 0.545. The van der Waals surface area contributed by atoms with Gasteiger partial charge >= 0.3 is 0 Å². The van der Waals surface area contributed by atoms with Crippen LogP contribution in [0.3, 0.4) is 0 Å². The van der Waals surface area contributed by atoms with Crippen molar-refractivity contribution < 1.29 is 9.47 Å². The van der Waals surface area contributed by atoms with Gasteiger partial charge in [-0.05, 0) is 72.9 Å². The summed E-state index contributed by atoms with van der Waals surface area (Å²) >= 11 is 3.66. The minimum atomic E-state index is 0.667. The number of hydrogen-bond donors (Lipinski definition) is 0. The molecule has 2 aliphatic carbocycles. The van der Waals surface area contributed by atoms with Gasteiger partial charge in [-0.1, -0.05) is 0 Å². The lowest BCUT2D eigenvalue weighted by molar-refractivity contribution is 0.0605. The summed E-state index contributed by atoms with van der Waals surface area (Å²) in [5.74, 6) is 1.86. The first-order chi connectivity index (χ1) is 13.9. The van der Waals surface area contributed by atoms with Gasteiger partial charge in [0.05, 0.1) is 37.8 Å². The van der Waals surface area contributed by atoms with Gasteiger partial charge in [0.15, 0.2) is 0 Å². The van der Waals surface area contributed by atoms with Crippen LogP contribution in [0.15, 0.2) is 22.2 Å². The first-order valence-electron chi connectivity index (χ1n) is 10.4. The Hall–Kier alpha value is -1.08. The van der Waals surface area contributed by atoms with Crippen molar-refractivity contribution in [1.82, 2.24) is 9.97 Å². The molecule has 3 heterocycles. The van der Waals surface area contributed by atoms with Gasteiger partial charge in [-0.15, -0.1) is 23.5 Å². The van der Waals surface area contributed by atoms with E-state index in [0.29, 0.717) is 13.2 Å². The normalized spacial score (nSPS) is 20.0. The second-order valence-corrected chi connectivity index (χ2v) is 9.70. The van der Waals surface area contributed by atoms with Crippen molar-refractivity contribution in [2.75, 3.05) is 37.9 Å². The highest BCUT2D eigenvalue weighted by Crippen LogP contribution is 2.37. The Morgan fingerprint density at radius 3 is 1.64 bits per heavy atom. The van der Waals surface area contributed by atoms with E-state index in [1.54, 1.807) is 0 Å². The van der Waals surface area contributed by atoms with Crippen LogP contribution < -0.4 is 0 Å². The number of fused-ring (bicyclic) bond motifs is 9. The van der Waals surface area contributed by atoms with E-state index in [-0.39, 0.29) is 0 Å². The lowest BCUT2D eigenvalue weighted by atomic mass is 10.1. The van der Waals surface area contributed by atoms with E-state index in [0.717, 1.165) is 48.9 Å². The van der Waals surface area contributed by atoms with Crippen LogP contribution in [0.1, 0.15) is 35.1 Å². The number of hydrogen-bond acceptors (Lipinski definition) is 6. The molecule has 5 rings (SSSR count). The largest absolute Gasteiger partial charge is 0.378 e. The molecule has 1 aliphatic heterocycles. The molecule has 0 unspecified atom stereocenters. The summed E-state index contributed by atoms with van der Waals surface area (Å²) in [7, 11) is 0. The molecule has 2 aromatic rings. The third-order valence-electron chi connectivity index (χ3n) is 5.67. The van der Waals surface area contributed by atoms with Crippen LogP contribution in [0.4, 0.5) is 0 Å². The van der Waals surface area contributed by atoms with Crippen LogP contribution in [-0.4, -0.2) is 47.9 Å². The molecule has 148 valence electrons. The monoisotopic (exact) mass is 414 g/mol. The third kappa shape index (κ3) is 3.97. The highest BCUT2D eigenvalue weighted by Gasteiger charge is 2.22. The molecular formula is C22H26N2O2S2. The molecule has 0 saturated carbocycles. The highest BCUT2D eigenvalue weighted by molar-refractivity contribution is 7.99. The maximum atomic E-state index is 5.73. The summed E-state index contributed by atoms with van der Waals surface area (Å²) in [6.07, 6.45) is 7.11. The van der Waals surface area contributed by atoms with Gasteiger partial charge in [0.2, 0.25) is 0 Å². The SMILES string of the molecule is c1c2nc(c3c1CCC3)SCCOCCOCCSc1nc-2cc2c1CCC2. The highest BCUT2D eigenvalue weighted by atomic mass is 32.2. The number of nitrogens with zero attached hydrogens (tertiary/aromatic N) is 2. The van der Waals surface area contributed by atoms with Crippen LogP contribution in [0.2, 0.25) is 0 Å². The molecule has 0 atom stereocenters. The molecule has 28 heavy (non-hydrogen) atoms. The van der Waals surface area contributed by atoms with Crippen LogP contribution in [0.25, 0.3) is 11.4 Å². The second-order valence-electron chi connectivity index (χ2n) is 7.53. The zero-order valence-corrected chi connectivity index (χ0v) is 17.8. The van der Waals surface area contributed by atoms with Crippen molar-refractivity contribution >= 4 is 23.5 Å². The van der Waals surface area contributed by atoms with Gasteiger partial charge in [-0.25, -0.2) is 9.97 Å². The van der Waals surface area contributed by atoms with E-state index >= 15 is 0 Å². The molecule has 4 bridgehead atoms. The summed E-state index contributed by atoms with van der Waals surface area (Å²) in [5.41, 5.74) is 7.94. The van der Waals surface area contributed by atoms with Crippen molar-refractivity contribution in [2.45, 2.75) is 48.6 Å². The minimum Gasteiger partial charge on any atom is -0.378 e. The molecule has 6 heteroatoms. The van der Waals surface area contributed by atoms with E-state index in [4.69, 9.17) is 19.4 Å². The van der Waals surface area contributed by atoms with Crippen LogP contribution >= 0.6 is 23.5 Å². The fourth-order valence-corrected chi connectivity index (χ4v) is 6.24. The average molecular weight is 415 g/mol. The molecule has 0 radical (unpaired) electrons. The van der Waals surface area contributed by atoms with Gasteiger partial charge in [-0.2, -0.15) is 0 Å². The molecule has 0 spiro atoms. The Morgan fingerprint density at radius 2 is 1.14 bits per heavy atom. The van der Waals surface area contributed by atoms with Gasteiger partial charge < -0.3 is 9.47 Å². The van der Waals surface area contributed by atoms with E-state index in [1.807, 2.05) is 23.5 Å². The molecule has 0 aromatic carbocycles. The Kier molecular flexibility index (Phi) is 5.90. The maximum Gasteiger partial charge on any atom is 0.100 e. The number of aryl methyl sites for hydroxylation is 2. The molecule has 3 aliphatic rings. The lowest BCUT2D eigenvalue weighted by Gasteiger charge is -2.14. The van der Waals surface area contributed by atoms with E-state index in [2.05, 4.69) is 12.1 Å². The summed E-state index contributed by atoms with van der Waals surface area (Å²) in [6, 6.07) is 4.60. The molecule has 4 nitrogen and oxygen atoms in total. The summed E-state index contributed by atoms with van der Waals surface area (Å²) in [5, 5.41) is 2.38. The van der Waals surface area contributed by atoms with E-state index < -0.39 is 0 Å². The number of thioether (sulfide) groups is 2. The first-order valence-corrected chi connectivity index (χ1v) is 12.3. The number of rotatable bonds is 0. The third-order valence-corrected chi connectivity index (χ3v) is 7.63. The second kappa shape index (κ2) is 8.74. The van der Waals surface area contributed by atoms with Crippen molar-refractivity contribution in [3.05, 3.63) is 34.4 Å². The van der Waals surface area contributed by atoms with Crippen molar-refractivity contribution in [3.63, 3.8) is 0 Å². The molecule has 0 amide bonds. The first kappa shape index (κ1) is 18.9. The maximum absolute atomic E-state index is 5.73. The van der Waals surface area contributed by atoms with Gasteiger partial charge in [0, 0.05) is 11.5 Å². The molecule has 0 fully saturated rings. The summed E-state index contributed by atoms with van der Waals surface area (Å²) < 4.78 is 11.5. The lowest BCUT2D eigenvalue weighted by Crippen LogP contribution is -2.09.